The van der Waals surface area contributed by atoms with E-state index in [0.717, 1.165) is 51.4 Å². The highest BCUT2D eigenvalue weighted by Gasteiger charge is 2.27. The molecule has 36 heavy (non-hydrogen) atoms. The van der Waals surface area contributed by atoms with Gasteiger partial charge >= 0.3 is 12.2 Å². The summed E-state index contributed by atoms with van der Waals surface area (Å²) in [5.74, 6) is 0.0640. The number of rotatable bonds is 4. The maximum absolute atomic E-state index is 11.6. The summed E-state index contributed by atoms with van der Waals surface area (Å²) in [5.41, 5.74) is 9.94. The van der Waals surface area contributed by atoms with Gasteiger partial charge in [0.05, 0.1) is 4.99 Å². The third kappa shape index (κ3) is 15.8. The lowest BCUT2D eigenvalue weighted by atomic mass is 9.86. The van der Waals surface area contributed by atoms with E-state index in [-0.39, 0.29) is 36.1 Å². The fraction of sp³-hybridized carbons (Fsp3) is 0.846. The van der Waals surface area contributed by atoms with Crippen LogP contribution >= 0.6 is 12.2 Å². The molecule has 10 heteroatoms. The summed E-state index contributed by atoms with van der Waals surface area (Å²) in [6.07, 6.45) is 6.08. The maximum Gasteiger partial charge on any atom is 0.407 e. The van der Waals surface area contributed by atoms with Crippen LogP contribution in [0.3, 0.4) is 0 Å². The molecule has 210 valence electrons. The van der Waals surface area contributed by atoms with E-state index in [4.69, 9.17) is 33.2 Å². The standard InChI is InChI=1S/C12H22N2O3.C12H22N2O2S.C2H6/c1-12(2,3)17-11(16)14-9-6-4-8(5-7-9)10(13)15;1-12(2,3)16-11(15)14-9-6-4-8(5-7-9)10(13)17;1-2/h8-9H,4-7H2,1-3H3,(H2,13,15)(H,14,16);8-9H,4-7H2,1-3H3,(H2,13,17)(H,14,15);1-2H3. The Morgan fingerprint density at radius 1 is 0.667 bits per heavy atom. The number of hydrogen-bond donors (Lipinski definition) is 4. The second kappa shape index (κ2) is 15.9. The van der Waals surface area contributed by atoms with Gasteiger partial charge in [-0.15, -0.1) is 0 Å². The molecule has 0 saturated heterocycles. The van der Waals surface area contributed by atoms with Crippen LogP contribution in [-0.2, 0) is 14.3 Å². The van der Waals surface area contributed by atoms with Gasteiger partial charge in [0.1, 0.15) is 11.2 Å². The van der Waals surface area contributed by atoms with E-state index >= 15 is 0 Å². The van der Waals surface area contributed by atoms with Crippen molar-refractivity contribution in [3.63, 3.8) is 0 Å². The molecule has 0 spiro atoms. The Kier molecular flexibility index (Phi) is 15.0. The molecule has 6 N–H and O–H groups in total. The molecule has 0 radical (unpaired) electrons. The molecule has 2 aliphatic carbocycles. The zero-order valence-corrected chi connectivity index (χ0v) is 24.4. The molecule has 0 unspecified atom stereocenters. The molecular weight excluding hydrogens is 480 g/mol. The van der Waals surface area contributed by atoms with Crippen molar-refractivity contribution in [2.45, 2.75) is 130 Å². The van der Waals surface area contributed by atoms with Crippen LogP contribution in [0.1, 0.15) is 107 Å². The SMILES string of the molecule is CC.CC(C)(C)OC(=O)NC1CCC(C(N)=O)CC1.CC(C)(C)OC(=O)NC1CCC(C(N)=S)CC1. The van der Waals surface area contributed by atoms with E-state index in [9.17, 15) is 14.4 Å². The molecule has 3 amide bonds. The second-order valence-corrected chi connectivity index (χ2v) is 11.7. The van der Waals surface area contributed by atoms with Gasteiger partial charge in [-0.2, -0.15) is 0 Å². The lowest BCUT2D eigenvalue weighted by molar-refractivity contribution is -0.122. The van der Waals surface area contributed by atoms with E-state index in [1.807, 2.05) is 55.4 Å². The average Bonchev–Trinajstić information content (AvgIpc) is 2.73. The summed E-state index contributed by atoms with van der Waals surface area (Å²) in [6, 6.07) is 0.288. The average molecular weight is 531 g/mol. The van der Waals surface area contributed by atoms with Crippen molar-refractivity contribution < 1.29 is 23.9 Å². The van der Waals surface area contributed by atoms with Crippen LogP contribution in [-0.4, -0.2) is 46.4 Å². The van der Waals surface area contributed by atoms with Gasteiger partial charge < -0.3 is 31.6 Å². The Hall–Kier alpha value is -2.10. The first-order valence-electron chi connectivity index (χ1n) is 13.1. The zero-order chi connectivity index (χ0) is 28.1. The summed E-state index contributed by atoms with van der Waals surface area (Å²) in [4.78, 5) is 34.7. The van der Waals surface area contributed by atoms with Gasteiger partial charge in [-0.3, -0.25) is 4.79 Å². The van der Waals surface area contributed by atoms with Gasteiger partial charge in [0.25, 0.3) is 0 Å². The predicted octanol–water partition coefficient (Wildman–Crippen LogP) is 4.94. The number of primary amides is 1. The third-order valence-corrected chi connectivity index (χ3v) is 6.03. The topological polar surface area (TPSA) is 146 Å². The fourth-order valence-electron chi connectivity index (χ4n) is 3.99. The predicted molar refractivity (Wildman–Crippen MR) is 148 cm³/mol. The molecule has 2 fully saturated rings. The number of nitrogens with one attached hydrogen (secondary N) is 2. The van der Waals surface area contributed by atoms with E-state index in [1.165, 1.54) is 0 Å². The van der Waals surface area contributed by atoms with Crippen molar-refractivity contribution in [2.75, 3.05) is 0 Å². The summed E-state index contributed by atoms with van der Waals surface area (Å²) in [5, 5.41) is 5.71. The van der Waals surface area contributed by atoms with Crippen molar-refractivity contribution in [1.82, 2.24) is 10.6 Å². The molecule has 0 atom stereocenters. The second-order valence-electron chi connectivity index (χ2n) is 11.2. The number of carbonyl (C=O) groups excluding carboxylic acids is 3. The van der Waals surface area contributed by atoms with Gasteiger partial charge in [0.2, 0.25) is 5.91 Å². The number of ether oxygens (including phenoxy) is 2. The van der Waals surface area contributed by atoms with Crippen LogP contribution in [0.15, 0.2) is 0 Å². The number of hydrogen-bond acceptors (Lipinski definition) is 6. The number of alkyl carbamates (subject to hydrolysis) is 2. The van der Waals surface area contributed by atoms with Gasteiger partial charge in [-0.1, -0.05) is 26.1 Å². The molecule has 9 nitrogen and oxygen atoms in total. The fourth-order valence-corrected chi connectivity index (χ4v) is 4.23. The Morgan fingerprint density at radius 3 is 1.22 bits per heavy atom. The van der Waals surface area contributed by atoms with Gasteiger partial charge in [0, 0.05) is 23.9 Å². The minimum Gasteiger partial charge on any atom is -0.444 e. The molecule has 0 aliphatic heterocycles. The lowest BCUT2D eigenvalue weighted by Gasteiger charge is -2.29. The van der Waals surface area contributed by atoms with Crippen LogP contribution in [0.5, 0.6) is 0 Å². The molecule has 2 saturated carbocycles. The number of nitrogens with two attached hydrogens (primary N) is 2. The van der Waals surface area contributed by atoms with Crippen LogP contribution in [0.4, 0.5) is 9.59 Å². The number of carbonyl (C=O) groups is 3. The first-order chi connectivity index (χ1) is 16.6. The minimum absolute atomic E-state index is 0.0355. The largest absolute Gasteiger partial charge is 0.444 e. The van der Waals surface area contributed by atoms with Crippen LogP contribution in [0.25, 0.3) is 0 Å². The monoisotopic (exact) mass is 530 g/mol. The minimum atomic E-state index is -0.478. The van der Waals surface area contributed by atoms with Gasteiger partial charge in [-0.25, -0.2) is 9.59 Å². The lowest BCUT2D eigenvalue weighted by Crippen LogP contribution is -2.42. The van der Waals surface area contributed by atoms with Crippen molar-refractivity contribution in [3.05, 3.63) is 0 Å². The van der Waals surface area contributed by atoms with Crippen LogP contribution in [0.2, 0.25) is 0 Å². The normalized spacial score (nSPS) is 23.9. The molecule has 0 aromatic carbocycles. The Morgan fingerprint density at radius 2 is 0.972 bits per heavy atom. The quantitative estimate of drug-likeness (QED) is 0.377. The Balaban J connectivity index is 0.000000637. The van der Waals surface area contributed by atoms with Crippen molar-refractivity contribution in [1.29, 1.82) is 0 Å². The smallest absolute Gasteiger partial charge is 0.407 e. The van der Waals surface area contributed by atoms with Crippen LogP contribution < -0.4 is 22.1 Å². The highest BCUT2D eigenvalue weighted by Crippen LogP contribution is 2.25. The van der Waals surface area contributed by atoms with E-state index in [1.54, 1.807) is 0 Å². The van der Waals surface area contributed by atoms with E-state index < -0.39 is 11.2 Å². The maximum atomic E-state index is 11.6. The molecule has 0 aromatic heterocycles. The summed E-state index contributed by atoms with van der Waals surface area (Å²) in [7, 11) is 0. The molecule has 2 aliphatic rings. The van der Waals surface area contributed by atoms with Crippen molar-refractivity contribution >= 4 is 35.3 Å². The third-order valence-electron chi connectivity index (χ3n) is 5.70. The first-order valence-corrected chi connectivity index (χ1v) is 13.5. The first kappa shape index (κ1) is 33.9. The van der Waals surface area contributed by atoms with E-state index in [2.05, 4.69) is 10.6 Å². The van der Waals surface area contributed by atoms with Crippen molar-refractivity contribution in [2.24, 2.45) is 23.3 Å². The number of thiocarbonyl (C=S) groups is 1. The van der Waals surface area contributed by atoms with Crippen LogP contribution in [0, 0.1) is 11.8 Å². The molecule has 2 rings (SSSR count). The summed E-state index contributed by atoms with van der Waals surface area (Å²) >= 11 is 4.98. The number of amides is 3. The highest BCUT2D eigenvalue weighted by molar-refractivity contribution is 7.80. The Bertz CT molecular complexity index is 642. The highest BCUT2D eigenvalue weighted by atomic mass is 32.1. The zero-order valence-electron chi connectivity index (χ0n) is 23.6. The molecule has 0 heterocycles. The van der Waals surface area contributed by atoms with Gasteiger partial charge in [-0.05, 0) is 92.9 Å². The Labute approximate surface area is 223 Å². The van der Waals surface area contributed by atoms with Crippen molar-refractivity contribution in [3.8, 4) is 0 Å². The van der Waals surface area contributed by atoms with E-state index in [0.29, 0.717) is 10.9 Å². The molecule has 0 bridgehead atoms. The summed E-state index contributed by atoms with van der Waals surface area (Å²) in [6.45, 7) is 15.1. The van der Waals surface area contributed by atoms with Gasteiger partial charge in [0.15, 0.2) is 0 Å². The summed E-state index contributed by atoms with van der Waals surface area (Å²) < 4.78 is 10.4. The molecule has 0 aromatic rings. The molecular formula is C26H50N4O5S.